The van der Waals surface area contributed by atoms with Crippen LogP contribution in [0.3, 0.4) is 0 Å². The van der Waals surface area contributed by atoms with Gasteiger partial charge in [0.15, 0.2) is 0 Å². The summed E-state index contributed by atoms with van der Waals surface area (Å²) in [6.07, 6.45) is 2.52. The minimum absolute atomic E-state index is 0.323. The summed E-state index contributed by atoms with van der Waals surface area (Å²) < 4.78 is 10.6. The molecule has 1 aliphatic heterocycles. The molecule has 3 N–H and O–H groups in total. The first-order valence-corrected chi connectivity index (χ1v) is 5.63. The molecule has 0 aromatic heterocycles. The second-order valence-electron chi connectivity index (χ2n) is 4.46. The van der Waals surface area contributed by atoms with Crippen LogP contribution < -0.4 is 5.73 Å². The van der Waals surface area contributed by atoms with Gasteiger partial charge in [-0.05, 0) is 19.3 Å². The van der Waals surface area contributed by atoms with Crippen LogP contribution in [0.4, 0.5) is 0 Å². The zero-order valence-electron chi connectivity index (χ0n) is 9.79. The fraction of sp³-hybridized carbons (Fsp3) is 1.00. The fourth-order valence-corrected chi connectivity index (χ4v) is 2.44. The van der Waals surface area contributed by atoms with Crippen LogP contribution in [-0.4, -0.2) is 44.2 Å². The summed E-state index contributed by atoms with van der Waals surface area (Å²) in [5, 5.41) is 10.6. The molecule has 4 heteroatoms. The van der Waals surface area contributed by atoms with E-state index in [1.807, 2.05) is 6.92 Å². The first kappa shape index (κ1) is 12.9. The Morgan fingerprint density at radius 2 is 2.33 bits per heavy atom. The van der Waals surface area contributed by atoms with Crippen LogP contribution in [0.25, 0.3) is 0 Å². The number of hydrogen-bond acceptors (Lipinski definition) is 4. The van der Waals surface area contributed by atoms with Gasteiger partial charge in [0, 0.05) is 25.7 Å². The van der Waals surface area contributed by atoms with Crippen molar-refractivity contribution in [1.29, 1.82) is 0 Å². The van der Waals surface area contributed by atoms with E-state index in [1.165, 1.54) is 0 Å². The van der Waals surface area contributed by atoms with Gasteiger partial charge in [-0.15, -0.1) is 0 Å². The lowest BCUT2D eigenvalue weighted by molar-refractivity contribution is -0.169. The van der Waals surface area contributed by atoms with Crippen molar-refractivity contribution in [2.45, 2.75) is 31.8 Å². The van der Waals surface area contributed by atoms with E-state index in [2.05, 4.69) is 0 Å². The molecule has 2 unspecified atom stereocenters. The molecule has 1 heterocycles. The van der Waals surface area contributed by atoms with Gasteiger partial charge in [-0.1, -0.05) is 6.92 Å². The Kier molecular flexibility index (Phi) is 4.52. The Bertz CT molecular complexity index is 192. The normalized spacial score (nSPS) is 31.2. The zero-order chi connectivity index (χ0) is 11.4. The predicted octanol–water partition coefficient (Wildman–Crippen LogP) is 0.529. The molecule has 0 amide bonds. The minimum atomic E-state index is -0.864. The van der Waals surface area contributed by atoms with Gasteiger partial charge in [0.1, 0.15) is 0 Å². The summed E-state index contributed by atoms with van der Waals surface area (Å²) in [7, 11) is 1.61. The summed E-state index contributed by atoms with van der Waals surface area (Å²) in [4.78, 5) is 0. The maximum Gasteiger partial charge on any atom is 0.0967 e. The summed E-state index contributed by atoms with van der Waals surface area (Å²) in [5.41, 5.74) is 4.63. The molecule has 1 rings (SSSR count). The third-order valence-corrected chi connectivity index (χ3v) is 3.67. The molecule has 4 nitrogen and oxygen atoms in total. The Morgan fingerprint density at radius 1 is 1.60 bits per heavy atom. The van der Waals surface area contributed by atoms with Gasteiger partial charge in [0.25, 0.3) is 0 Å². The van der Waals surface area contributed by atoms with Crippen LogP contribution in [0, 0.1) is 5.41 Å². The van der Waals surface area contributed by atoms with E-state index in [4.69, 9.17) is 15.2 Å². The highest BCUT2D eigenvalue weighted by atomic mass is 16.5. The number of nitrogens with two attached hydrogens (primary N) is 1. The molecule has 0 aliphatic carbocycles. The van der Waals surface area contributed by atoms with E-state index in [-0.39, 0.29) is 5.41 Å². The van der Waals surface area contributed by atoms with Crippen LogP contribution in [0.5, 0.6) is 0 Å². The first-order chi connectivity index (χ1) is 7.14. The van der Waals surface area contributed by atoms with Gasteiger partial charge in [0.05, 0.1) is 18.8 Å². The number of hydrogen-bond donors (Lipinski definition) is 2. The van der Waals surface area contributed by atoms with Crippen molar-refractivity contribution >= 4 is 0 Å². The van der Waals surface area contributed by atoms with Gasteiger partial charge < -0.3 is 20.3 Å². The van der Waals surface area contributed by atoms with Crippen molar-refractivity contribution in [2.24, 2.45) is 11.1 Å². The van der Waals surface area contributed by atoms with E-state index in [9.17, 15) is 5.11 Å². The van der Waals surface area contributed by atoms with Crippen LogP contribution >= 0.6 is 0 Å². The molecular weight excluding hydrogens is 194 g/mol. The summed E-state index contributed by atoms with van der Waals surface area (Å²) in [5.74, 6) is 0. The quantitative estimate of drug-likeness (QED) is 0.705. The van der Waals surface area contributed by atoms with E-state index in [1.54, 1.807) is 7.11 Å². The predicted molar refractivity (Wildman–Crippen MR) is 58.7 cm³/mol. The van der Waals surface area contributed by atoms with E-state index in [0.29, 0.717) is 26.2 Å². The highest BCUT2D eigenvalue weighted by Crippen LogP contribution is 2.40. The van der Waals surface area contributed by atoms with Crippen molar-refractivity contribution < 1.29 is 14.6 Å². The highest BCUT2D eigenvalue weighted by molar-refractivity contribution is 5.00. The largest absolute Gasteiger partial charge is 0.387 e. The minimum Gasteiger partial charge on any atom is -0.387 e. The van der Waals surface area contributed by atoms with Crippen LogP contribution in [0.1, 0.15) is 26.2 Å². The molecule has 2 atom stereocenters. The molecule has 1 fully saturated rings. The summed E-state index contributed by atoms with van der Waals surface area (Å²) in [6.45, 7) is 4.04. The maximum atomic E-state index is 10.6. The highest BCUT2D eigenvalue weighted by Gasteiger charge is 2.49. The number of methoxy groups -OCH3 is 1. The van der Waals surface area contributed by atoms with Gasteiger partial charge in [0.2, 0.25) is 0 Å². The SMILES string of the molecule is CCC(O)(COC)C1(CN)CCCOC1. The maximum absolute atomic E-state index is 10.6. The third-order valence-electron chi connectivity index (χ3n) is 3.67. The molecular formula is C11H23NO3. The molecule has 0 aromatic rings. The summed E-state index contributed by atoms with van der Waals surface area (Å²) >= 11 is 0. The Balaban J connectivity index is 2.84. The van der Waals surface area contributed by atoms with E-state index >= 15 is 0 Å². The van der Waals surface area contributed by atoms with Gasteiger partial charge >= 0.3 is 0 Å². The lowest BCUT2D eigenvalue weighted by Crippen LogP contribution is -2.58. The van der Waals surface area contributed by atoms with Gasteiger partial charge in [-0.2, -0.15) is 0 Å². The van der Waals surface area contributed by atoms with Crippen molar-refractivity contribution in [3.05, 3.63) is 0 Å². The summed E-state index contributed by atoms with van der Waals surface area (Å²) in [6, 6.07) is 0. The molecule has 0 spiro atoms. The average molecular weight is 217 g/mol. The Morgan fingerprint density at radius 3 is 2.73 bits per heavy atom. The van der Waals surface area contributed by atoms with Gasteiger partial charge in [-0.3, -0.25) is 0 Å². The van der Waals surface area contributed by atoms with Crippen LogP contribution in [0.15, 0.2) is 0 Å². The smallest absolute Gasteiger partial charge is 0.0967 e. The standard InChI is InChI=1S/C11H23NO3/c1-3-11(13,9-14-2)10(7-12)5-4-6-15-8-10/h13H,3-9,12H2,1-2H3. The van der Waals surface area contributed by atoms with Crippen molar-refractivity contribution in [1.82, 2.24) is 0 Å². The molecule has 0 aromatic carbocycles. The molecule has 90 valence electrons. The fourth-order valence-electron chi connectivity index (χ4n) is 2.44. The Labute approximate surface area is 91.7 Å². The average Bonchev–Trinajstić information content (AvgIpc) is 2.30. The van der Waals surface area contributed by atoms with E-state index < -0.39 is 5.60 Å². The molecule has 15 heavy (non-hydrogen) atoms. The monoisotopic (exact) mass is 217 g/mol. The Hall–Kier alpha value is -0.160. The van der Waals surface area contributed by atoms with Gasteiger partial charge in [-0.25, -0.2) is 0 Å². The second kappa shape index (κ2) is 5.25. The van der Waals surface area contributed by atoms with Crippen molar-refractivity contribution in [3.8, 4) is 0 Å². The van der Waals surface area contributed by atoms with Crippen LogP contribution in [0.2, 0.25) is 0 Å². The molecule has 0 saturated carbocycles. The molecule has 1 aliphatic rings. The molecule has 0 radical (unpaired) electrons. The van der Waals surface area contributed by atoms with Crippen molar-refractivity contribution in [2.75, 3.05) is 33.5 Å². The van der Waals surface area contributed by atoms with E-state index in [0.717, 1.165) is 19.4 Å². The lowest BCUT2D eigenvalue weighted by atomic mass is 9.67. The topological polar surface area (TPSA) is 64.7 Å². The number of rotatable bonds is 5. The second-order valence-corrected chi connectivity index (χ2v) is 4.46. The molecule has 1 saturated heterocycles. The van der Waals surface area contributed by atoms with Crippen LogP contribution in [-0.2, 0) is 9.47 Å². The number of ether oxygens (including phenoxy) is 2. The zero-order valence-corrected chi connectivity index (χ0v) is 9.79. The third kappa shape index (κ3) is 2.33. The first-order valence-electron chi connectivity index (χ1n) is 5.63. The lowest BCUT2D eigenvalue weighted by Gasteiger charge is -2.48. The number of aliphatic hydroxyl groups is 1. The van der Waals surface area contributed by atoms with Crippen molar-refractivity contribution in [3.63, 3.8) is 0 Å². The molecule has 0 bridgehead atoms.